The van der Waals surface area contributed by atoms with Gasteiger partial charge in [-0.15, -0.1) is 0 Å². The first-order valence-electron chi connectivity index (χ1n) is 5.60. The molecule has 1 fully saturated rings. The summed E-state index contributed by atoms with van der Waals surface area (Å²) in [4.78, 5) is 6.43. The zero-order valence-electron chi connectivity index (χ0n) is 9.26. The molecule has 1 saturated heterocycles. The van der Waals surface area contributed by atoms with Crippen LogP contribution in [0.25, 0.3) is 0 Å². The van der Waals surface area contributed by atoms with Gasteiger partial charge in [0.1, 0.15) is 12.7 Å². The second kappa shape index (κ2) is 5.23. The van der Waals surface area contributed by atoms with Crippen molar-refractivity contribution >= 4 is 0 Å². The van der Waals surface area contributed by atoms with Crippen LogP contribution in [0.1, 0.15) is 12.8 Å². The highest BCUT2D eigenvalue weighted by Gasteiger charge is 2.17. The van der Waals surface area contributed by atoms with E-state index in [1.54, 1.807) is 12.7 Å². The van der Waals surface area contributed by atoms with Crippen molar-refractivity contribution in [3.8, 4) is 0 Å². The topological polar surface area (TPSA) is 46.0 Å². The van der Waals surface area contributed by atoms with Gasteiger partial charge in [0.05, 0.1) is 6.54 Å². The molecule has 1 aliphatic rings. The Morgan fingerprint density at radius 3 is 3.13 bits per heavy atom. The van der Waals surface area contributed by atoms with E-state index in [9.17, 15) is 0 Å². The van der Waals surface area contributed by atoms with E-state index < -0.39 is 0 Å². The molecule has 1 aliphatic heterocycles. The number of hydrogen-bond acceptors (Lipinski definition) is 4. The summed E-state index contributed by atoms with van der Waals surface area (Å²) < 4.78 is 1.89. The zero-order valence-corrected chi connectivity index (χ0v) is 9.26. The van der Waals surface area contributed by atoms with Crippen molar-refractivity contribution in [2.24, 2.45) is 0 Å². The molecular formula is C10H19N5. The molecule has 2 rings (SSSR count). The van der Waals surface area contributed by atoms with Crippen molar-refractivity contribution in [2.45, 2.75) is 25.4 Å². The summed E-state index contributed by atoms with van der Waals surface area (Å²) >= 11 is 0. The van der Waals surface area contributed by atoms with E-state index in [-0.39, 0.29) is 0 Å². The fourth-order valence-corrected chi connectivity index (χ4v) is 2.09. The first kappa shape index (κ1) is 10.6. The summed E-state index contributed by atoms with van der Waals surface area (Å²) in [5.74, 6) is 0. The molecule has 5 nitrogen and oxygen atoms in total. The van der Waals surface area contributed by atoms with E-state index in [0.29, 0.717) is 6.04 Å². The lowest BCUT2D eigenvalue weighted by atomic mass is 10.1. The third-order valence-electron chi connectivity index (χ3n) is 3.03. The Kier molecular flexibility index (Phi) is 3.69. The molecule has 84 valence electrons. The van der Waals surface area contributed by atoms with Gasteiger partial charge in [0.2, 0.25) is 0 Å². The van der Waals surface area contributed by atoms with Gasteiger partial charge in [-0.3, -0.25) is 9.58 Å². The molecule has 5 heteroatoms. The van der Waals surface area contributed by atoms with Gasteiger partial charge in [-0.1, -0.05) is 0 Å². The third kappa shape index (κ3) is 3.00. The number of nitrogens with one attached hydrogen (secondary N) is 1. The standard InChI is InChI=1S/C10H19N5/c1-11-10-3-2-4-14(7-10)5-6-15-9-12-8-13-15/h8-11H,2-7H2,1H3. The number of nitrogens with zero attached hydrogens (tertiary/aromatic N) is 4. The summed E-state index contributed by atoms with van der Waals surface area (Å²) in [5.41, 5.74) is 0. The van der Waals surface area contributed by atoms with Gasteiger partial charge in [0.25, 0.3) is 0 Å². The van der Waals surface area contributed by atoms with Crippen molar-refractivity contribution in [3.05, 3.63) is 12.7 Å². The maximum Gasteiger partial charge on any atom is 0.137 e. The average Bonchev–Trinajstić information content (AvgIpc) is 2.79. The predicted molar refractivity (Wildman–Crippen MR) is 58.5 cm³/mol. The number of likely N-dealkylation sites (N-methyl/N-ethyl adjacent to an activating group) is 1. The Labute approximate surface area is 90.5 Å². The molecule has 1 N–H and O–H groups in total. The number of likely N-dealkylation sites (tertiary alicyclic amines) is 1. The molecule has 0 saturated carbocycles. The molecule has 0 aliphatic carbocycles. The summed E-state index contributed by atoms with van der Waals surface area (Å²) in [6, 6.07) is 0.662. The molecule has 1 aromatic rings. The molecule has 0 bridgehead atoms. The van der Waals surface area contributed by atoms with Crippen molar-refractivity contribution < 1.29 is 0 Å². The number of hydrogen-bond donors (Lipinski definition) is 1. The Bertz CT molecular complexity index is 271. The Morgan fingerprint density at radius 1 is 1.47 bits per heavy atom. The van der Waals surface area contributed by atoms with Crippen molar-refractivity contribution in [1.29, 1.82) is 0 Å². The first-order valence-corrected chi connectivity index (χ1v) is 5.60. The van der Waals surface area contributed by atoms with Crippen LogP contribution in [-0.2, 0) is 6.54 Å². The molecular weight excluding hydrogens is 190 g/mol. The highest BCUT2D eigenvalue weighted by molar-refractivity contribution is 4.76. The van der Waals surface area contributed by atoms with Gasteiger partial charge in [-0.25, -0.2) is 4.98 Å². The number of rotatable bonds is 4. The first-order chi connectivity index (χ1) is 7.38. The molecule has 1 atom stereocenters. The quantitative estimate of drug-likeness (QED) is 0.756. The van der Waals surface area contributed by atoms with Gasteiger partial charge in [-0.2, -0.15) is 5.10 Å². The highest BCUT2D eigenvalue weighted by Crippen LogP contribution is 2.09. The maximum atomic E-state index is 4.10. The van der Waals surface area contributed by atoms with Crippen LogP contribution in [0.4, 0.5) is 0 Å². The molecule has 0 radical (unpaired) electrons. The Balaban J connectivity index is 1.74. The normalized spacial score (nSPS) is 23.1. The molecule has 1 unspecified atom stereocenters. The Hall–Kier alpha value is -0.940. The van der Waals surface area contributed by atoms with Crippen LogP contribution >= 0.6 is 0 Å². The minimum absolute atomic E-state index is 0.662. The van der Waals surface area contributed by atoms with Crippen molar-refractivity contribution in [1.82, 2.24) is 25.0 Å². The SMILES string of the molecule is CNC1CCCN(CCn2cncn2)C1. The van der Waals surface area contributed by atoms with Crippen LogP contribution in [0.5, 0.6) is 0 Å². The summed E-state index contributed by atoms with van der Waals surface area (Å²) in [7, 11) is 2.05. The van der Waals surface area contributed by atoms with Crippen LogP contribution in [0.3, 0.4) is 0 Å². The van der Waals surface area contributed by atoms with E-state index in [4.69, 9.17) is 0 Å². The van der Waals surface area contributed by atoms with E-state index >= 15 is 0 Å². The van der Waals surface area contributed by atoms with Gasteiger partial charge >= 0.3 is 0 Å². The van der Waals surface area contributed by atoms with E-state index in [1.807, 2.05) is 11.7 Å². The monoisotopic (exact) mass is 209 g/mol. The lowest BCUT2D eigenvalue weighted by Gasteiger charge is -2.32. The molecule has 1 aromatic heterocycles. The maximum absolute atomic E-state index is 4.10. The minimum atomic E-state index is 0.662. The zero-order chi connectivity index (χ0) is 10.5. The average molecular weight is 209 g/mol. The van der Waals surface area contributed by atoms with E-state index in [2.05, 4.69) is 20.3 Å². The van der Waals surface area contributed by atoms with Crippen LogP contribution in [0.15, 0.2) is 12.7 Å². The van der Waals surface area contributed by atoms with Crippen LogP contribution < -0.4 is 5.32 Å². The summed E-state index contributed by atoms with van der Waals surface area (Å²) in [6.45, 7) is 4.38. The molecule has 0 spiro atoms. The van der Waals surface area contributed by atoms with Crippen LogP contribution in [0, 0.1) is 0 Å². The number of aromatic nitrogens is 3. The largest absolute Gasteiger partial charge is 0.316 e. The highest BCUT2D eigenvalue weighted by atomic mass is 15.3. The fourth-order valence-electron chi connectivity index (χ4n) is 2.09. The second-order valence-corrected chi connectivity index (χ2v) is 4.09. The molecule has 0 amide bonds. The smallest absolute Gasteiger partial charge is 0.137 e. The van der Waals surface area contributed by atoms with Gasteiger partial charge < -0.3 is 5.32 Å². The van der Waals surface area contributed by atoms with Crippen molar-refractivity contribution in [3.63, 3.8) is 0 Å². The van der Waals surface area contributed by atoms with Gasteiger partial charge in [0.15, 0.2) is 0 Å². The van der Waals surface area contributed by atoms with Gasteiger partial charge in [0, 0.05) is 19.1 Å². The van der Waals surface area contributed by atoms with Crippen LogP contribution in [0.2, 0.25) is 0 Å². The van der Waals surface area contributed by atoms with E-state index in [0.717, 1.165) is 19.6 Å². The van der Waals surface area contributed by atoms with Gasteiger partial charge in [-0.05, 0) is 26.4 Å². The van der Waals surface area contributed by atoms with E-state index in [1.165, 1.54) is 19.4 Å². The summed E-state index contributed by atoms with van der Waals surface area (Å²) in [5, 5.41) is 7.45. The fraction of sp³-hybridized carbons (Fsp3) is 0.800. The lowest BCUT2D eigenvalue weighted by molar-refractivity contribution is 0.187. The summed E-state index contributed by atoms with van der Waals surface area (Å²) in [6.07, 6.45) is 5.96. The number of piperidine rings is 1. The molecule has 15 heavy (non-hydrogen) atoms. The van der Waals surface area contributed by atoms with Crippen molar-refractivity contribution in [2.75, 3.05) is 26.7 Å². The third-order valence-corrected chi connectivity index (χ3v) is 3.03. The molecule has 2 heterocycles. The van der Waals surface area contributed by atoms with Crippen LogP contribution in [-0.4, -0.2) is 52.4 Å². The second-order valence-electron chi connectivity index (χ2n) is 4.09. The minimum Gasteiger partial charge on any atom is -0.316 e. The predicted octanol–water partition coefficient (Wildman–Crippen LogP) is -0.0381. The molecule has 0 aromatic carbocycles. The Morgan fingerprint density at radius 2 is 2.40 bits per heavy atom. The lowest BCUT2D eigenvalue weighted by Crippen LogP contribution is -2.45.